The number of carbonyl (C=O) groups is 1. The number of benzene rings is 3. The fraction of sp³-hybridized carbons (Fsp3) is 0.136. The van der Waals surface area contributed by atoms with Gasteiger partial charge in [0.25, 0.3) is 10.0 Å². The largest absolute Gasteiger partial charge is 0.494 e. The molecule has 0 saturated heterocycles. The van der Waals surface area contributed by atoms with Gasteiger partial charge in [-0.25, -0.2) is 22.0 Å². The number of esters is 1. The van der Waals surface area contributed by atoms with Crippen LogP contribution >= 0.6 is 23.2 Å². The Morgan fingerprint density at radius 2 is 1.71 bits per heavy atom. The van der Waals surface area contributed by atoms with E-state index in [1.807, 2.05) is 0 Å². The van der Waals surface area contributed by atoms with E-state index in [1.54, 1.807) is 0 Å². The highest BCUT2D eigenvalue weighted by Gasteiger charge is 2.27. The summed E-state index contributed by atoms with van der Waals surface area (Å²) < 4.78 is 73.7. The summed E-state index contributed by atoms with van der Waals surface area (Å²) in [6.07, 6.45) is 0. The first kappa shape index (κ1) is 24.1. The van der Waals surface area contributed by atoms with Crippen LogP contribution in [0.25, 0.3) is 11.1 Å². The predicted octanol–water partition coefficient (Wildman–Crippen LogP) is 5.30. The van der Waals surface area contributed by atoms with Crippen molar-refractivity contribution in [1.82, 2.24) is 0 Å². The second kappa shape index (κ2) is 9.28. The van der Waals surface area contributed by atoms with Crippen molar-refractivity contribution in [3.8, 4) is 22.6 Å². The molecule has 4 bridgehead atoms. The van der Waals surface area contributed by atoms with Crippen molar-refractivity contribution >= 4 is 44.9 Å². The molecule has 0 spiro atoms. The lowest BCUT2D eigenvalue weighted by Crippen LogP contribution is -2.17. The van der Waals surface area contributed by atoms with Crippen LogP contribution in [0.4, 0.5) is 14.5 Å². The summed E-state index contributed by atoms with van der Waals surface area (Å²) in [4.78, 5) is 12.0. The lowest BCUT2D eigenvalue weighted by atomic mass is 10.0. The quantitative estimate of drug-likeness (QED) is 0.430. The molecule has 0 atom stereocenters. The third-order valence-corrected chi connectivity index (χ3v) is 6.73. The average Bonchev–Trinajstić information content (AvgIpc) is 2.77. The predicted molar refractivity (Wildman–Crippen MR) is 121 cm³/mol. The molecule has 3 aromatic carbocycles. The van der Waals surface area contributed by atoms with Crippen LogP contribution in [-0.4, -0.2) is 34.7 Å². The molecular weight excluding hydrogens is 515 g/mol. The summed E-state index contributed by atoms with van der Waals surface area (Å²) in [6, 6.07) is 7.97. The zero-order chi connectivity index (χ0) is 24.6. The third-order valence-electron chi connectivity index (χ3n) is 4.85. The lowest BCUT2D eigenvalue weighted by Gasteiger charge is -2.16. The number of anilines is 1. The highest BCUT2D eigenvalue weighted by molar-refractivity contribution is 7.92. The molecule has 0 aliphatic carbocycles. The van der Waals surface area contributed by atoms with E-state index in [0.29, 0.717) is 6.07 Å². The molecule has 1 aliphatic heterocycles. The second-order valence-corrected chi connectivity index (χ2v) is 9.53. The molecule has 178 valence electrons. The van der Waals surface area contributed by atoms with Crippen molar-refractivity contribution in [2.45, 2.75) is 4.90 Å². The van der Waals surface area contributed by atoms with Crippen molar-refractivity contribution in [1.29, 1.82) is 0 Å². The normalized spacial score (nSPS) is 15.0. The van der Waals surface area contributed by atoms with Crippen LogP contribution in [0.3, 0.4) is 0 Å². The van der Waals surface area contributed by atoms with Crippen molar-refractivity contribution < 1.29 is 36.2 Å². The minimum absolute atomic E-state index is 0.114. The van der Waals surface area contributed by atoms with Gasteiger partial charge < -0.3 is 14.2 Å². The summed E-state index contributed by atoms with van der Waals surface area (Å²) in [5.74, 6) is -3.19. The number of halogens is 4. The zero-order valence-electron chi connectivity index (χ0n) is 17.3. The molecule has 0 amide bonds. The van der Waals surface area contributed by atoms with Gasteiger partial charge in [-0.2, -0.15) is 0 Å². The van der Waals surface area contributed by atoms with Gasteiger partial charge in [0, 0.05) is 22.2 Å². The average molecular weight is 530 g/mol. The van der Waals surface area contributed by atoms with Crippen LogP contribution in [0.15, 0.2) is 47.4 Å². The fourth-order valence-corrected chi connectivity index (χ4v) is 5.11. The molecule has 0 saturated carbocycles. The van der Waals surface area contributed by atoms with Gasteiger partial charge in [0.05, 0.1) is 23.4 Å². The SMILES string of the molecule is COc1c(Cl)cc2cc1S(=O)(=O)Nc1cc(c(F)cc1F)-c1ccc(Cl)cc1OCCOC2=O. The molecule has 1 heterocycles. The number of hydrogen-bond donors (Lipinski definition) is 1. The van der Waals surface area contributed by atoms with E-state index >= 15 is 0 Å². The number of rotatable bonds is 1. The van der Waals surface area contributed by atoms with Crippen LogP contribution in [0.5, 0.6) is 11.5 Å². The number of cyclic esters (lactones) is 1. The Balaban J connectivity index is 1.95. The maximum Gasteiger partial charge on any atom is 0.338 e. The molecule has 4 rings (SSSR count). The molecule has 12 heteroatoms. The maximum absolute atomic E-state index is 14.8. The molecule has 7 nitrogen and oxygen atoms in total. The van der Waals surface area contributed by atoms with Crippen LogP contribution in [0.1, 0.15) is 10.4 Å². The first-order valence-electron chi connectivity index (χ1n) is 9.60. The van der Waals surface area contributed by atoms with Gasteiger partial charge in [-0.05, 0) is 36.4 Å². The maximum atomic E-state index is 14.8. The Labute approximate surface area is 203 Å². The van der Waals surface area contributed by atoms with Gasteiger partial charge in [-0.3, -0.25) is 4.72 Å². The molecule has 1 aliphatic rings. The Bertz CT molecular complexity index is 1410. The van der Waals surface area contributed by atoms with Crippen molar-refractivity contribution in [2.75, 3.05) is 25.0 Å². The minimum atomic E-state index is -4.57. The zero-order valence-corrected chi connectivity index (χ0v) is 19.7. The van der Waals surface area contributed by atoms with E-state index < -0.39 is 38.2 Å². The van der Waals surface area contributed by atoms with Crippen LogP contribution in [0, 0.1) is 11.6 Å². The number of hydrogen-bond acceptors (Lipinski definition) is 6. The van der Waals surface area contributed by atoms with E-state index in [-0.39, 0.29) is 51.4 Å². The van der Waals surface area contributed by atoms with Gasteiger partial charge >= 0.3 is 5.97 Å². The molecule has 1 N–H and O–H groups in total. The first-order chi connectivity index (χ1) is 16.1. The Kier molecular flexibility index (Phi) is 6.57. The van der Waals surface area contributed by atoms with E-state index in [4.69, 9.17) is 37.4 Å². The number of fused-ring (bicyclic) bond motifs is 6. The Hall–Kier alpha value is -3.08. The first-order valence-corrected chi connectivity index (χ1v) is 11.8. The van der Waals surface area contributed by atoms with E-state index in [9.17, 15) is 22.0 Å². The molecule has 0 radical (unpaired) electrons. The number of sulfonamides is 1. The number of methoxy groups -OCH3 is 1. The van der Waals surface area contributed by atoms with Gasteiger partial charge in [0.2, 0.25) is 0 Å². The molecule has 0 aromatic heterocycles. The summed E-state index contributed by atoms with van der Waals surface area (Å²) in [5, 5.41) is 0.0788. The third kappa shape index (κ3) is 4.61. The fourth-order valence-electron chi connectivity index (χ4n) is 3.32. The molecule has 3 aromatic rings. The highest BCUT2D eigenvalue weighted by Crippen LogP contribution is 2.39. The topological polar surface area (TPSA) is 90.9 Å². The summed E-state index contributed by atoms with van der Waals surface area (Å²) in [5.41, 5.74) is -0.732. The van der Waals surface area contributed by atoms with Gasteiger partial charge in [0.1, 0.15) is 35.5 Å². The summed E-state index contributed by atoms with van der Waals surface area (Å²) in [6.45, 7) is -0.367. The van der Waals surface area contributed by atoms with E-state index in [1.165, 1.54) is 31.4 Å². The number of ether oxygens (including phenoxy) is 3. The van der Waals surface area contributed by atoms with Crippen LogP contribution in [-0.2, 0) is 14.8 Å². The Morgan fingerprint density at radius 1 is 0.971 bits per heavy atom. The van der Waals surface area contributed by atoms with E-state index in [2.05, 4.69) is 4.72 Å². The minimum Gasteiger partial charge on any atom is -0.494 e. The van der Waals surface area contributed by atoms with Gasteiger partial charge in [-0.15, -0.1) is 0 Å². The monoisotopic (exact) mass is 529 g/mol. The molecule has 0 unspecified atom stereocenters. The molecule has 0 fully saturated rings. The smallest absolute Gasteiger partial charge is 0.338 e. The molecular formula is C22H15Cl2F2NO6S. The standard InChI is InChI=1S/C22H15Cl2F2NO6S/c1-31-21-15(24)6-11-7-20(21)34(29,30)27-18-9-14(16(25)10-17(18)26)13-3-2-12(23)8-19(13)32-4-5-33-22(11)28/h2-3,6-10,27H,4-5H2,1H3. The second-order valence-electron chi connectivity index (χ2n) is 7.03. The van der Waals surface area contributed by atoms with Crippen molar-refractivity contribution in [3.05, 3.63) is 69.7 Å². The summed E-state index contributed by atoms with van der Waals surface area (Å²) >= 11 is 12.2. The summed E-state index contributed by atoms with van der Waals surface area (Å²) in [7, 11) is -3.39. The van der Waals surface area contributed by atoms with Crippen molar-refractivity contribution in [3.63, 3.8) is 0 Å². The Morgan fingerprint density at radius 3 is 2.44 bits per heavy atom. The highest BCUT2D eigenvalue weighted by atomic mass is 35.5. The molecule has 34 heavy (non-hydrogen) atoms. The number of carbonyl (C=O) groups excluding carboxylic acids is 1. The lowest BCUT2D eigenvalue weighted by molar-refractivity contribution is 0.0450. The van der Waals surface area contributed by atoms with Crippen LogP contribution < -0.4 is 14.2 Å². The van der Waals surface area contributed by atoms with Crippen LogP contribution in [0.2, 0.25) is 10.0 Å². The number of nitrogens with one attached hydrogen (secondary N) is 1. The van der Waals surface area contributed by atoms with E-state index in [0.717, 1.165) is 12.1 Å². The van der Waals surface area contributed by atoms with Gasteiger partial charge in [-0.1, -0.05) is 23.2 Å². The van der Waals surface area contributed by atoms with Gasteiger partial charge in [0.15, 0.2) is 5.75 Å². The van der Waals surface area contributed by atoms with Crippen molar-refractivity contribution in [2.24, 2.45) is 0 Å².